The van der Waals surface area contributed by atoms with E-state index < -0.39 is 0 Å². The summed E-state index contributed by atoms with van der Waals surface area (Å²) in [5.74, 6) is 4.13. The van der Waals surface area contributed by atoms with E-state index in [4.69, 9.17) is 9.47 Å². The molecule has 252 valence electrons. The molecule has 0 aromatic heterocycles. The van der Waals surface area contributed by atoms with Gasteiger partial charge < -0.3 is 9.47 Å². The highest BCUT2D eigenvalue weighted by molar-refractivity contribution is 5.39. The Morgan fingerprint density at radius 1 is 0.326 bits per heavy atom. The van der Waals surface area contributed by atoms with Crippen molar-refractivity contribution < 1.29 is 9.47 Å². The fraction of sp³-hybridized carbons (Fsp3) is 0.455. The third kappa shape index (κ3) is 13.9. The van der Waals surface area contributed by atoms with Crippen LogP contribution in [0.1, 0.15) is 135 Å². The maximum absolute atomic E-state index is 5.17. The molecule has 4 aromatic rings. The van der Waals surface area contributed by atoms with Crippen molar-refractivity contribution in [1.82, 2.24) is 0 Å². The summed E-state index contributed by atoms with van der Waals surface area (Å²) >= 11 is 0. The quantitative estimate of drug-likeness (QED) is 0.212. The second kappa shape index (κ2) is 19.9. The first kappa shape index (κ1) is 40.5. The number of rotatable bonds is 6. The Kier molecular flexibility index (Phi) is 17.5. The van der Waals surface area contributed by atoms with Gasteiger partial charge in [-0.25, -0.2) is 0 Å². The molecule has 0 aliphatic carbocycles. The molecule has 46 heavy (non-hydrogen) atoms. The van der Waals surface area contributed by atoms with Crippen molar-refractivity contribution >= 4 is 0 Å². The van der Waals surface area contributed by atoms with Crippen LogP contribution < -0.4 is 9.47 Å². The molecule has 0 spiro atoms. The van der Waals surface area contributed by atoms with Crippen molar-refractivity contribution in [2.24, 2.45) is 0 Å². The highest BCUT2D eigenvalue weighted by Crippen LogP contribution is 2.27. The van der Waals surface area contributed by atoms with E-state index in [1.807, 2.05) is 18.2 Å². The Hall–Kier alpha value is -3.52. The fourth-order valence-electron chi connectivity index (χ4n) is 4.53. The van der Waals surface area contributed by atoms with Crippen LogP contribution in [0.5, 0.6) is 11.5 Å². The molecule has 0 saturated carbocycles. The second-order valence-corrected chi connectivity index (χ2v) is 13.8. The summed E-state index contributed by atoms with van der Waals surface area (Å²) in [6.07, 6.45) is 0. The topological polar surface area (TPSA) is 18.5 Å². The highest BCUT2D eigenvalue weighted by Gasteiger charge is 2.05. The van der Waals surface area contributed by atoms with Gasteiger partial charge in [-0.1, -0.05) is 110 Å². The molecule has 0 unspecified atom stereocenters. The van der Waals surface area contributed by atoms with Crippen LogP contribution in [0.3, 0.4) is 0 Å². The molecule has 0 bridgehead atoms. The first-order valence-corrected chi connectivity index (χ1v) is 16.9. The Bertz CT molecular complexity index is 1320. The SMILES string of the molecule is COc1cc(OC)cc(C(C)C)c1.Cc1ccc(C(C)C)cc1C.Cc1ccc(C(C)C)cc1C.Cc1ccc(C(C)C)cc1C. The van der Waals surface area contributed by atoms with E-state index in [2.05, 4.69) is 152 Å². The number of hydrogen-bond donors (Lipinski definition) is 0. The van der Waals surface area contributed by atoms with Crippen LogP contribution in [-0.4, -0.2) is 14.2 Å². The van der Waals surface area contributed by atoms with Crippen LogP contribution >= 0.6 is 0 Å². The molecule has 0 saturated heterocycles. The van der Waals surface area contributed by atoms with Crippen LogP contribution in [0.25, 0.3) is 0 Å². The molecule has 2 heteroatoms. The minimum atomic E-state index is 0.490. The van der Waals surface area contributed by atoms with Gasteiger partial charge in [0, 0.05) is 6.07 Å². The predicted molar refractivity (Wildman–Crippen MR) is 204 cm³/mol. The lowest BCUT2D eigenvalue weighted by atomic mass is 9.99. The van der Waals surface area contributed by atoms with Gasteiger partial charge in [-0.05, 0) is 133 Å². The molecule has 2 nitrogen and oxygen atoms in total. The summed E-state index contributed by atoms with van der Waals surface area (Å²) in [6.45, 7) is 30.6. The molecule has 0 fully saturated rings. The van der Waals surface area contributed by atoms with Crippen molar-refractivity contribution in [1.29, 1.82) is 0 Å². The van der Waals surface area contributed by atoms with Gasteiger partial charge >= 0.3 is 0 Å². The van der Waals surface area contributed by atoms with Crippen LogP contribution in [0.2, 0.25) is 0 Å². The van der Waals surface area contributed by atoms with Gasteiger partial charge in [-0.2, -0.15) is 0 Å². The van der Waals surface area contributed by atoms with Crippen molar-refractivity contribution in [3.63, 3.8) is 0 Å². The Morgan fingerprint density at radius 3 is 0.783 bits per heavy atom. The number of hydrogen-bond acceptors (Lipinski definition) is 2. The summed E-state index contributed by atoms with van der Waals surface area (Å²) < 4.78 is 10.3. The molecule has 0 amide bonds. The van der Waals surface area contributed by atoms with Crippen molar-refractivity contribution in [3.05, 3.63) is 128 Å². The van der Waals surface area contributed by atoms with Crippen molar-refractivity contribution in [2.45, 2.75) is 121 Å². The van der Waals surface area contributed by atoms with Gasteiger partial charge in [0.1, 0.15) is 11.5 Å². The third-order valence-corrected chi connectivity index (χ3v) is 8.63. The van der Waals surface area contributed by atoms with E-state index in [-0.39, 0.29) is 0 Å². The van der Waals surface area contributed by atoms with Gasteiger partial charge in [0.25, 0.3) is 0 Å². The zero-order valence-electron chi connectivity index (χ0n) is 32.1. The number of benzene rings is 4. The maximum atomic E-state index is 5.17. The van der Waals surface area contributed by atoms with Gasteiger partial charge in [-0.3, -0.25) is 0 Å². The zero-order chi connectivity index (χ0) is 35.1. The van der Waals surface area contributed by atoms with Gasteiger partial charge in [0.2, 0.25) is 0 Å². The summed E-state index contributed by atoms with van der Waals surface area (Å²) in [5.41, 5.74) is 13.9. The van der Waals surface area contributed by atoms with E-state index >= 15 is 0 Å². The average molecular weight is 625 g/mol. The van der Waals surface area contributed by atoms with E-state index in [1.54, 1.807) is 14.2 Å². The standard InChI is InChI=1S/C11H16O2.3C11H16/c1-8(2)9-5-10(12-3)7-11(6-9)13-4;3*1-8(2)11-6-5-9(3)10(4)7-11/h5-8H,1-4H3;3*5-8H,1-4H3. The summed E-state index contributed by atoms with van der Waals surface area (Å²) in [4.78, 5) is 0. The lowest BCUT2D eigenvalue weighted by molar-refractivity contribution is 0.393. The van der Waals surface area contributed by atoms with E-state index in [0.717, 1.165) is 11.5 Å². The molecular weight excluding hydrogens is 560 g/mol. The van der Waals surface area contributed by atoms with Crippen LogP contribution in [-0.2, 0) is 0 Å². The van der Waals surface area contributed by atoms with E-state index in [1.165, 1.54) is 55.6 Å². The molecule has 0 radical (unpaired) electrons. The van der Waals surface area contributed by atoms with E-state index in [9.17, 15) is 0 Å². The molecule has 4 rings (SSSR count). The summed E-state index contributed by atoms with van der Waals surface area (Å²) in [6, 6.07) is 26.0. The summed E-state index contributed by atoms with van der Waals surface area (Å²) in [7, 11) is 3.33. The maximum Gasteiger partial charge on any atom is 0.122 e. The number of methoxy groups -OCH3 is 2. The first-order valence-electron chi connectivity index (χ1n) is 16.9. The van der Waals surface area contributed by atoms with Gasteiger partial charge in [-0.15, -0.1) is 0 Å². The van der Waals surface area contributed by atoms with Crippen LogP contribution in [0.15, 0.2) is 72.8 Å². The number of ether oxygens (including phenoxy) is 2. The van der Waals surface area contributed by atoms with Crippen molar-refractivity contribution in [2.75, 3.05) is 14.2 Å². The minimum Gasteiger partial charge on any atom is -0.497 e. The Morgan fingerprint density at radius 2 is 0.587 bits per heavy atom. The third-order valence-electron chi connectivity index (χ3n) is 8.63. The molecule has 0 aliphatic rings. The zero-order valence-corrected chi connectivity index (χ0v) is 32.1. The Balaban J connectivity index is 0.000000307. The Labute approximate surface area is 283 Å². The molecule has 0 N–H and O–H groups in total. The highest BCUT2D eigenvalue weighted by atomic mass is 16.5. The average Bonchev–Trinajstić information content (AvgIpc) is 3.01. The van der Waals surface area contributed by atoms with Crippen molar-refractivity contribution in [3.8, 4) is 11.5 Å². The van der Waals surface area contributed by atoms with Gasteiger partial charge in [0.15, 0.2) is 0 Å². The first-order chi connectivity index (χ1) is 21.5. The van der Waals surface area contributed by atoms with Gasteiger partial charge in [0.05, 0.1) is 14.2 Å². The largest absolute Gasteiger partial charge is 0.497 e. The molecule has 4 aromatic carbocycles. The normalized spacial score (nSPS) is 10.5. The lowest BCUT2D eigenvalue weighted by Gasteiger charge is -2.10. The smallest absolute Gasteiger partial charge is 0.122 e. The molecular formula is C44H64O2. The summed E-state index contributed by atoms with van der Waals surface area (Å²) in [5, 5.41) is 0. The van der Waals surface area contributed by atoms with Crippen LogP contribution in [0.4, 0.5) is 0 Å². The van der Waals surface area contributed by atoms with E-state index in [0.29, 0.717) is 23.7 Å². The lowest BCUT2D eigenvalue weighted by Crippen LogP contribution is -1.92. The predicted octanol–water partition coefficient (Wildman–Crippen LogP) is 13.1. The number of aryl methyl sites for hydroxylation is 6. The van der Waals surface area contributed by atoms with Crippen LogP contribution in [0, 0.1) is 41.5 Å². The molecule has 0 atom stereocenters. The fourth-order valence-corrected chi connectivity index (χ4v) is 4.53. The minimum absolute atomic E-state index is 0.490. The molecule has 0 heterocycles. The monoisotopic (exact) mass is 624 g/mol. The molecule has 0 aliphatic heterocycles. The second-order valence-electron chi connectivity index (χ2n) is 13.8.